The number of piperidine rings is 1. The number of aryl methyl sites for hydroxylation is 2. The first-order valence-electron chi connectivity index (χ1n) is 16.6. The van der Waals surface area contributed by atoms with Crippen molar-refractivity contribution in [2.45, 2.75) is 53.1 Å². The first-order chi connectivity index (χ1) is 23.2. The molecule has 1 aliphatic heterocycles. The minimum Gasteiger partial charge on any atom is -0.477 e. The van der Waals surface area contributed by atoms with Gasteiger partial charge in [0.25, 0.3) is 0 Å². The maximum absolute atomic E-state index is 14.1. The fourth-order valence-electron chi connectivity index (χ4n) is 7.19. The maximum atomic E-state index is 14.1. The molecule has 48 heavy (non-hydrogen) atoms. The summed E-state index contributed by atoms with van der Waals surface area (Å²) in [6.45, 7) is 12.0. The van der Waals surface area contributed by atoms with Crippen LogP contribution in [0.4, 0.5) is 0 Å². The van der Waals surface area contributed by atoms with Crippen molar-refractivity contribution >= 4 is 55.7 Å². The Hall–Kier alpha value is -4.38. The molecule has 0 radical (unpaired) electrons. The average molecular weight is 678 g/mol. The molecule has 1 aliphatic rings. The molecule has 0 saturated carbocycles. The van der Waals surface area contributed by atoms with Crippen LogP contribution in [-0.2, 0) is 11.3 Å². The molecule has 2 aromatic carbocycles. The predicted molar refractivity (Wildman–Crippen MR) is 196 cm³/mol. The van der Waals surface area contributed by atoms with E-state index in [0.29, 0.717) is 6.04 Å². The summed E-state index contributed by atoms with van der Waals surface area (Å²) in [5.41, 5.74) is 7.31. The quantitative estimate of drug-likeness (QED) is 0.165. The van der Waals surface area contributed by atoms with Gasteiger partial charge in [0.15, 0.2) is 0 Å². The highest BCUT2D eigenvalue weighted by molar-refractivity contribution is 7.21. The van der Waals surface area contributed by atoms with Crippen molar-refractivity contribution in [3.8, 4) is 33.0 Å². The topological polar surface area (TPSA) is 91.6 Å². The third kappa shape index (κ3) is 5.93. The van der Waals surface area contributed by atoms with E-state index in [4.69, 9.17) is 4.98 Å². The molecule has 246 valence electrons. The lowest BCUT2D eigenvalue weighted by atomic mass is 9.99. The standard InChI is InChI=1S/C38H39N5O3S2/c1-5-41(6-2)28-16-18-42(19-17-28)33(44)22-43-31-21-32(38(45)46)48-37(31)34(25-10-8-7-9-11-25)35(43)27-13-14-29-26(20-27)12-15-30(40-29)36-23(3)39-24(4)47-36/h7-15,20-21,28H,5-6,16-19,22H2,1-4H3,(H,45,46). The average Bonchev–Trinajstić information content (AvgIpc) is 3.77. The highest BCUT2D eigenvalue weighted by Crippen LogP contribution is 2.45. The number of hydrogen-bond acceptors (Lipinski definition) is 7. The summed E-state index contributed by atoms with van der Waals surface area (Å²) in [5, 5.41) is 12.0. The second-order valence-electron chi connectivity index (χ2n) is 12.4. The Bertz CT molecular complexity index is 2140. The number of hydrogen-bond donors (Lipinski definition) is 1. The van der Waals surface area contributed by atoms with Crippen molar-refractivity contribution in [2.24, 2.45) is 0 Å². The van der Waals surface area contributed by atoms with E-state index in [0.717, 1.165) is 104 Å². The fourth-order valence-corrected chi connectivity index (χ4v) is 9.15. The smallest absolute Gasteiger partial charge is 0.345 e. The van der Waals surface area contributed by atoms with E-state index in [1.165, 1.54) is 11.3 Å². The molecule has 1 N–H and O–H groups in total. The van der Waals surface area contributed by atoms with Gasteiger partial charge in [-0.25, -0.2) is 14.8 Å². The fraction of sp³-hybridized carbons (Fsp3) is 0.316. The van der Waals surface area contributed by atoms with Crippen LogP contribution >= 0.6 is 22.7 Å². The molecular weight excluding hydrogens is 639 g/mol. The number of amides is 1. The van der Waals surface area contributed by atoms with Gasteiger partial charge >= 0.3 is 5.97 Å². The van der Waals surface area contributed by atoms with Crippen LogP contribution in [0, 0.1) is 13.8 Å². The molecule has 8 nitrogen and oxygen atoms in total. The third-order valence-electron chi connectivity index (χ3n) is 9.55. The second-order valence-corrected chi connectivity index (χ2v) is 14.6. The lowest BCUT2D eigenvalue weighted by Crippen LogP contribution is -2.47. The van der Waals surface area contributed by atoms with Gasteiger partial charge in [0.2, 0.25) is 5.91 Å². The van der Waals surface area contributed by atoms with Crippen molar-refractivity contribution in [3.63, 3.8) is 0 Å². The number of nitrogens with zero attached hydrogens (tertiary/aromatic N) is 5. The molecule has 10 heteroatoms. The maximum Gasteiger partial charge on any atom is 0.345 e. The highest BCUT2D eigenvalue weighted by Gasteiger charge is 2.29. The van der Waals surface area contributed by atoms with Crippen LogP contribution in [0.1, 0.15) is 47.1 Å². The SMILES string of the molecule is CCN(CC)C1CCN(C(=O)Cn2c(-c3ccc4nc(-c5sc(C)nc5C)ccc4c3)c(-c3ccccc3)c3sc(C(=O)O)cc32)CC1. The van der Waals surface area contributed by atoms with Gasteiger partial charge in [-0.3, -0.25) is 4.79 Å². The zero-order valence-electron chi connectivity index (χ0n) is 27.7. The zero-order chi connectivity index (χ0) is 33.5. The van der Waals surface area contributed by atoms with E-state index in [-0.39, 0.29) is 17.3 Å². The van der Waals surface area contributed by atoms with Gasteiger partial charge < -0.3 is 19.5 Å². The Morgan fingerprint density at radius 2 is 1.67 bits per heavy atom. The number of thiophene rings is 1. The van der Waals surface area contributed by atoms with E-state index in [9.17, 15) is 14.7 Å². The minimum absolute atomic E-state index is 0.0520. The molecule has 4 aromatic heterocycles. The highest BCUT2D eigenvalue weighted by atomic mass is 32.1. The number of fused-ring (bicyclic) bond motifs is 2. The number of carboxylic acid groups (broad SMARTS) is 1. The van der Waals surface area contributed by atoms with E-state index < -0.39 is 5.97 Å². The van der Waals surface area contributed by atoms with Gasteiger partial charge in [-0.1, -0.05) is 56.3 Å². The van der Waals surface area contributed by atoms with Gasteiger partial charge in [0.1, 0.15) is 11.4 Å². The molecule has 1 fully saturated rings. The Labute approximate surface area is 288 Å². The summed E-state index contributed by atoms with van der Waals surface area (Å²) < 4.78 is 2.91. The monoisotopic (exact) mass is 677 g/mol. The molecule has 0 unspecified atom stereocenters. The normalized spacial score (nSPS) is 14.1. The number of rotatable bonds is 9. The third-order valence-corrected chi connectivity index (χ3v) is 11.8. The van der Waals surface area contributed by atoms with Crippen LogP contribution in [-0.4, -0.2) is 73.5 Å². The number of aromatic nitrogens is 3. The summed E-state index contributed by atoms with van der Waals surface area (Å²) in [5.74, 6) is -0.914. The van der Waals surface area contributed by atoms with Crippen molar-refractivity contribution in [2.75, 3.05) is 26.2 Å². The molecule has 0 bridgehead atoms. The van der Waals surface area contributed by atoms with Crippen molar-refractivity contribution in [1.29, 1.82) is 0 Å². The Balaban J connectivity index is 1.33. The number of pyridine rings is 1. The van der Waals surface area contributed by atoms with Crippen LogP contribution in [0.15, 0.2) is 66.7 Å². The van der Waals surface area contributed by atoms with Crippen molar-refractivity contribution < 1.29 is 14.7 Å². The number of carbonyl (C=O) groups excluding carboxylic acids is 1. The van der Waals surface area contributed by atoms with E-state index >= 15 is 0 Å². The summed E-state index contributed by atoms with van der Waals surface area (Å²) in [6.07, 6.45) is 1.91. The van der Waals surface area contributed by atoms with Gasteiger partial charge in [-0.2, -0.15) is 0 Å². The zero-order valence-corrected chi connectivity index (χ0v) is 29.3. The van der Waals surface area contributed by atoms with Gasteiger partial charge in [-0.05, 0) is 75.2 Å². The van der Waals surface area contributed by atoms with Gasteiger partial charge in [-0.15, -0.1) is 22.7 Å². The lowest BCUT2D eigenvalue weighted by molar-refractivity contribution is -0.133. The largest absolute Gasteiger partial charge is 0.477 e. The van der Waals surface area contributed by atoms with Crippen molar-refractivity contribution in [1.82, 2.24) is 24.3 Å². The summed E-state index contributed by atoms with van der Waals surface area (Å²) in [6, 6.07) is 22.7. The number of carboxylic acids is 1. The molecule has 5 heterocycles. The molecule has 6 aromatic rings. The predicted octanol–water partition coefficient (Wildman–Crippen LogP) is 8.36. The van der Waals surface area contributed by atoms with Gasteiger partial charge in [0.05, 0.1) is 42.7 Å². The van der Waals surface area contributed by atoms with E-state index in [1.54, 1.807) is 17.4 Å². The molecule has 0 atom stereocenters. The Morgan fingerprint density at radius 1 is 0.917 bits per heavy atom. The van der Waals surface area contributed by atoms with Crippen LogP contribution in [0.3, 0.4) is 0 Å². The molecular formula is C38H39N5O3S2. The Kier molecular flexibility index (Phi) is 8.89. The first kappa shape index (κ1) is 32.2. The molecule has 7 rings (SSSR count). The van der Waals surface area contributed by atoms with E-state index in [2.05, 4.69) is 54.1 Å². The van der Waals surface area contributed by atoms with Crippen LogP contribution < -0.4 is 0 Å². The molecule has 1 amide bonds. The summed E-state index contributed by atoms with van der Waals surface area (Å²) in [7, 11) is 0. The van der Waals surface area contributed by atoms with Crippen LogP contribution in [0.2, 0.25) is 0 Å². The molecule has 1 saturated heterocycles. The summed E-state index contributed by atoms with van der Waals surface area (Å²) in [4.78, 5) is 41.7. The van der Waals surface area contributed by atoms with Gasteiger partial charge in [0, 0.05) is 30.1 Å². The van der Waals surface area contributed by atoms with Crippen LogP contribution in [0.25, 0.3) is 54.1 Å². The number of thiazole rings is 1. The molecule has 0 aliphatic carbocycles. The number of benzene rings is 2. The van der Waals surface area contributed by atoms with E-state index in [1.807, 2.05) is 53.6 Å². The first-order valence-corrected chi connectivity index (χ1v) is 18.2. The molecule has 0 spiro atoms. The Morgan fingerprint density at radius 3 is 2.33 bits per heavy atom. The van der Waals surface area contributed by atoms with Crippen molar-refractivity contribution in [3.05, 3.63) is 82.3 Å². The minimum atomic E-state index is -0.966. The summed E-state index contributed by atoms with van der Waals surface area (Å²) >= 11 is 2.92. The number of carbonyl (C=O) groups is 2. The lowest BCUT2D eigenvalue weighted by Gasteiger charge is -2.37. The number of likely N-dealkylation sites (tertiary alicyclic amines) is 1. The van der Waals surface area contributed by atoms with Crippen LogP contribution in [0.5, 0.6) is 0 Å². The number of aromatic carboxylic acids is 1. The second kappa shape index (κ2) is 13.3.